The Morgan fingerprint density at radius 3 is 2.33 bits per heavy atom. The van der Waals surface area contributed by atoms with E-state index in [0.717, 1.165) is 16.4 Å². The predicted octanol–water partition coefficient (Wildman–Crippen LogP) is 4.45. The molecule has 1 N–H and O–H groups in total. The van der Waals surface area contributed by atoms with Gasteiger partial charge in [0, 0.05) is 5.69 Å². The van der Waals surface area contributed by atoms with Crippen LogP contribution in [-0.4, -0.2) is 14.0 Å². The first-order valence-corrected chi connectivity index (χ1v) is 10.8. The van der Waals surface area contributed by atoms with Crippen LogP contribution >= 0.6 is 11.6 Å². The molecule has 110 valence electrons. The van der Waals surface area contributed by atoms with Gasteiger partial charge in [0.1, 0.15) is 0 Å². The van der Waals surface area contributed by atoms with E-state index in [2.05, 4.69) is 25.0 Å². The van der Waals surface area contributed by atoms with E-state index in [1.54, 1.807) is 6.07 Å². The number of nitrogens with one attached hydrogen (secondary N) is 1. The fourth-order valence-electron chi connectivity index (χ4n) is 2.28. The van der Waals surface area contributed by atoms with Crippen LogP contribution in [0.3, 0.4) is 0 Å². The van der Waals surface area contributed by atoms with E-state index in [1.165, 1.54) is 0 Å². The van der Waals surface area contributed by atoms with Gasteiger partial charge in [0.25, 0.3) is 5.91 Å². The Kier molecular flexibility index (Phi) is 4.54. The largest absolute Gasteiger partial charge is 0.322 e. The standard InChI is InChI=1S/C17H20ClNOSi/c1-12-8-5-6-10-14(12)19-17(20)16-13(18)9-7-11-15(16)21(2,3)4/h5-11H,1-4H3,(H,19,20). The fraction of sp³-hybridized carbons (Fsp3) is 0.235. The van der Waals surface area contributed by atoms with Crippen molar-refractivity contribution < 1.29 is 4.79 Å². The molecule has 2 aromatic carbocycles. The molecule has 2 rings (SSSR count). The zero-order chi connectivity index (χ0) is 15.6. The topological polar surface area (TPSA) is 29.1 Å². The molecule has 0 radical (unpaired) electrons. The lowest BCUT2D eigenvalue weighted by atomic mass is 10.1. The van der Waals surface area contributed by atoms with Gasteiger partial charge in [-0.3, -0.25) is 4.79 Å². The van der Waals surface area contributed by atoms with Crippen molar-refractivity contribution in [3.05, 3.63) is 58.6 Å². The average molecular weight is 318 g/mol. The van der Waals surface area contributed by atoms with E-state index in [9.17, 15) is 4.79 Å². The van der Waals surface area contributed by atoms with Gasteiger partial charge >= 0.3 is 0 Å². The maximum atomic E-state index is 12.7. The smallest absolute Gasteiger partial charge is 0.257 e. The fourth-order valence-corrected chi connectivity index (χ4v) is 4.21. The van der Waals surface area contributed by atoms with Crippen LogP contribution in [0.2, 0.25) is 24.7 Å². The van der Waals surface area contributed by atoms with Crippen molar-refractivity contribution in [1.82, 2.24) is 0 Å². The summed E-state index contributed by atoms with van der Waals surface area (Å²) in [6.45, 7) is 8.61. The van der Waals surface area contributed by atoms with E-state index in [4.69, 9.17) is 11.6 Å². The third kappa shape index (κ3) is 3.55. The van der Waals surface area contributed by atoms with E-state index >= 15 is 0 Å². The van der Waals surface area contributed by atoms with Gasteiger partial charge in [0.05, 0.1) is 18.7 Å². The van der Waals surface area contributed by atoms with E-state index < -0.39 is 8.07 Å². The summed E-state index contributed by atoms with van der Waals surface area (Å²) < 4.78 is 0. The van der Waals surface area contributed by atoms with Crippen LogP contribution in [0, 0.1) is 6.92 Å². The SMILES string of the molecule is Cc1ccccc1NC(=O)c1c(Cl)cccc1[Si](C)(C)C. The van der Waals surface area contributed by atoms with Crippen LogP contribution in [0.15, 0.2) is 42.5 Å². The summed E-state index contributed by atoms with van der Waals surface area (Å²) in [7, 11) is -1.65. The van der Waals surface area contributed by atoms with Crippen molar-refractivity contribution in [2.24, 2.45) is 0 Å². The van der Waals surface area contributed by atoms with Gasteiger partial charge in [-0.05, 0) is 29.8 Å². The summed E-state index contributed by atoms with van der Waals surface area (Å²) in [5.41, 5.74) is 2.47. The number of benzene rings is 2. The van der Waals surface area contributed by atoms with Gasteiger partial charge < -0.3 is 5.32 Å². The lowest BCUT2D eigenvalue weighted by molar-refractivity contribution is 0.102. The Bertz CT molecular complexity index is 677. The Balaban J connectivity index is 2.43. The molecule has 0 saturated carbocycles. The highest BCUT2D eigenvalue weighted by molar-refractivity contribution is 6.89. The van der Waals surface area contributed by atoms with Gasteiger partial charge in [-0.15, -0.1) is 0 Å². The predicted molar refractivity (Wildman–Crippen MR) is 93.6 cm³/mol. The van der Waals surface area contributed by atoms with Crippen molar-refractivity contribution in [3.8, 4) is 0 Å². The Labute approximate surface area is 132 Å². The van der Waals surface area contributed by atoms with Crippen LogP contribution in [0.1, 0.15) is 15.9 Å². The zero-order valence-corrected chi connectivity index (χ0v) is 14.6. The minimum absolute atomic E-state index is 0.132. The Morgan fingerprint density at radius 1 is 1.05 bits per heavy atom. The maximum absolute atomic E-state index is 12.7. The summed E-state index contributed by atoms with van der Waals surface area (Å²) in [6, 6.07) is 13.5. The van der Waals surface area contributed by atoms with Gasteiger partial charge in [-0.25, -0.2) is 0 Å². The van der Waals surface area contributed by atoms with Gasteiger partial charge in [0.2, 0.25) is 0 Å². The number of carbonyl (C=O) groups is 1. The molecule has 0 aliphatic heterocycles. The number of hydrogen-bond acceptors (Lipinski definition) is 1. The van der Waals surface area contributed by atoms with Crippen LogP contribution in [0.25, 0.3) is 0 Å². The minimum atomic E-state index is -1.65. The first-order chi connectivity index (χ1) is 9.80. The van der Waals surface area contributed by atoms with E-state index in [0.29, 0.717) is 10.6 Å². The molecule has 0 saturated heterocycles. The second kappa shape index (κ2) is 6.04. The molecule has 4 heteroatoms. The van der Waals surface area contributed by atoms with Crippen molar-refractivity contribution in [1.29, 1.82) is 0 Å². The molecule has 0 bridgehead atoms. The van der Waals surface area contributed by atoms with E-state index in [1.807, 2.05) is 43.3 Å². The third-order valence-corrected chi connectivity index (χ3v) is 5.79. The van der Waals surface area contributed by atoms with Crippen molar-refractivity contribution in [2.75, 3.05) is 5.32 Å². The van der Waals surface area contributed by atoms with Gasteiger partial charge in [-0.2, -0.15) is 0 Å². The van der Waals surface area contributed by atoms with Gasteiger partial charge in [0.15, 0.2) is 0 Å². The van der Waals surface area contributed by atoms with Crippen LogP contribution in [0.4, 0.5) is 5.69 Å². The molecule has 0 spiro atoms. The van der Waals surface area contributed by atoms with Crippen LogP contribution in [-0.2, 0) is 0 Å². The summed E-state index contributed by atoms with van der Waals surface area (Å²) in [5, 5.41) is 4.58. The molecule has 0 fully saturated rings. The molecule has 2 nitrogen and oxygen atoms in total. The van der Waals surface area contributed by atoms with Crippen LogP contribution in [0.5, 0.6) is 0 Å². The van der Waals surface area contributed by atoms with Gasteiger partial charge in [-0.1, -0.05) is 61.6 Å². The Hall–Kier alpha value is -1.58. The molecule has 0 heterocycles. The minimum Gasteiger partial charge on any atom is -0.322 e. The number of aryl methyl sites for hydroxylation is 1. The summed E-state index contributed by atoms with van der Waals surface area (Å²) in [5.74, 6) is -0.132. The molecule has 2 aromatic rings. The molecule has 1 amide bonds. The number of carbonyl (C=O) groups excluding carboxylic acids is 1. The highest BCUT2D eigenvalue weighted by Gasteiger charge is 2.25. The van der Waals surface area contributed by atoms with Crippen LogP contribution < -0.4 is 10.5 Å². The zero-order valence-electron chi connectivity index (χ0n) is 12.8. The quantitative estimate of drug-likeness (QED) is 0.833. The van der Waals surface area contributed by atoms with Crippen molar-refractivity contribution in [3.63, 3.8) is 0 Å². The molecule has 0 aliphatic carbocycles. The molecule has 0 aliphatic rings. The number of rotatable bonds is 3. The average Bonchev–Trinajstić information content (AvgIpc) is 2.40. The highest BCUT2D eigenvalue weighted by atomic mass is 35.5. The summed E-state index contributed by atoms with van der Waals surface area (Å²) in [6.07, 6.45) is 0. The van der Waals surface area contributed by atoms with Crippen molar-refractivity contribution in [2.45, 2.75) is 26.6 Å². The lowest BCUT2D eigenvalue weighted by Gasteiger charge is -2.21. The first kappa shape index (κ1) is 15.8. The molecule has 21 heavy (non-hydrogen) atoms. The maximum Gasteiger partial charge on any atom is 0.257 e. The third-order valence-electron chi connectivity index (χ3n) is 3.44. The normalized spacial score (nSPS) is 11.3. The lowest BCUT2D eigenvalue weighted by Crippen LogP contribution is -2.42. The number of halogens is 1. The first-order valence-electron chi connectivity index (χ1n) is 6.96. The molecular formula is C17H20ClNOSi. The molecule has 0 aromatic heterocycles. The second-order valence-electron chi connectivity index (χ2n) is 6.18. The number of hydrogen-bond donors (Lipinski definition) is 1. The second-order valence-corrected chi connectivity index (χ2v) is 11.6. The summed E-state index contributed by atoms with van der Waals surface area (Å²) in [4.78, 5) is 12.7. The molecule has 0 atom stereocenters. The number of para-hydroxylation sites is 1. The molecular weight excluding hydrogens is 298 g/mol. The van der Waals surface area contributed by atoms with Crippen molar-refractivity contribution >= 4 is 36.5 Å². The number of anilines is 1. The molecule has 0 unspecified atom stereocenters. The highest BCUT2D eigenvalue weighted by Crippen LogP contribution is 2.20. The number of amides is 1. The monoisotopic (exact) mass is 317 g/mol. The Morgan fingerprint density at radius 2 is 1.71 bits per heavy atom. The van der Waals surface area contributed by atoms with E-state index in [-0.39, 0.29) is 5.91 Å². The summed E-state index contributed by atoms with van der Waals surface area (Å²) >= 11 is 6.30.